The first-order valence-corrected chi connectivity index (χ1v) is 4.85. The van der Waals surface area contributed by atoms with Gasteiger partial charge in [-0.2, -0.15) is 0 Å². The van der Waals surface area contributed by atoms with Crippen LogP contribution >= 0.6 is 0 Å². The van der Waals surface area contributed by atoms with Gasteiger partial charge in [-0.05, 0) is 19.1 Å². The molecule has 5 heteroatoms. The van der Waals surface area contributed by atoms with E-state index in [1.807, 2.05) is 0 Å². The maximum Gasteiger partial charge on any atom is 0.411 e. The Bertz CT molecular complexity index is 454. The summed E-state index contributed by atoms with van der Waals surface area (Å²) in [6.07, 6.45) is -0.589. The Morgan fingerprint density at radius 2 is 2.06 bits per heavy atom. The number of hydrogen-bond donors (Lipinski definition) is 1. The lowest BCUT2D eigenvalue weighted by atomic mass is 10.3. The van der Waals surface area contributed by atoms with Crippen molar-refractivity contribution >= 4 is 17.7 Å². The number of carbonyl (C=O) groups excluding carboxylic acids is 2. The lowest BCUT2D eigenvalue weighted by Crippen LogP contribution is -2.11. The molecule has 1 rings (SSSR count). The molecule has 0 aliphatic heterocycles. The predicted molar refractivity (Wildman–Crippen MR) is 62.9 cm³/mol. The van der Waals surface area contributed by atoms with Gasteiger partial charge in [0, 0.05) is 17.3 Å². The smallest absolute Gasteiger partial charge is 0.411 e. The molecule has 0 saturated carbocycles. The number of carbonyl (C=O) groups is 2. The number of rotatable bonds is 3. The van der Waals surface area contributed by atoms with E-state index >= 15 is 0 Å². The van der Waals surface area contributed by atoms with Crippen LogP contribution in [-0.2, 0) is 9.53 Å². The third-order valence-corrected chi connectivity index (χ3v) is 1.82. The summed E-state index contributed by atoms with van der Waals surface area (Å²) in [6.45, 7) is 5.03. The Hall–Kier alpha value is -2.30. The summed E-state index contributed by atoms with van der Waals surface area (Å²) in [6, 6.07) is 6.41. The standard InChI is InChI=1S/C12H13NO4/c1-8(2)11(14)17-10-6-4-5-9(7-10)13-12(15)16-3/h4-7H,1H2,2-3H3,(H,13,15). The van der Waals surface area contributed by atoms with Crippen LogP contribution < -0.4 is 10.1 Å². The zero-order chi connectivity index (χ0) is 12.8. The van der Waals surface area contributed by atoms with Crippen molar-refractivity contribution in [3.63, 3.8) is 0 Å². The van der Waals surface area contributed by atoms with Crippen molar-refractivity contribution in [2.45, 2.75) is 6.92 Å². The van der Waals surface area contributed by atoms with E-state index in [-0.39, 0.29) is 0 Å². The van der Waals surface area contributed by atoms with Gasteiger partial charge >= 0.3 is 12.1 Å². The summed E-state index contributed by atoms with van der Waals surface area (Å²) < 4.78 is 9.44. The van der Waals surface area contributed by atoms with Gasteiger partial charge in [0.15, 0.2) is 0 Å². The number of benzene rings is 1. The molecule has 0 aromatic heterocycles. The van der Waals surface area contributed by atoms with Crippen molar-refractivity contribution in [3.8, 4) is 5.75 Å². The molecular formula is C12H13NO4. The van der Waals surface area contributed by atoms with Crippen LogP contribution in [0.1, 0.15) is 6.92 Å². The van der Waals surface area contributed by atoms with Gasteiger partial charge in [0.2, 0.25) is 0 Å². The largest absolute Gasteiger partial charge is 0.453 e. The molecule has 0 unspecified atom stereocenters. The summed E-state index contributed by atoms with van der Waals surface area (Å²) in [5, 5.41) is 2.46. The molecule has 1 amide bonds. The van der Waals surface area contributed by atoms with Crippen LogP contribution in [0.4, 0.5) is 10.5 Å². The third-order valence-electron chi connectivity index (χ3n) is 1.82. The molecule has 0 fully saturated rings. The SMILES string of the molecule is C=C(C)C(=O)Oc1cccc(NC(=O)OC)c1. The van der Waals surface area contributed by atoms with Gasteiger partial charge in [0.1, 0.15) is 5.75 Å². The van der Waals surface area contributed by atoms with E-state index in [1.165, 1.54) is 13.2 Å². The molecule has 1 N–H and O–H groups in total. The number of ether oxygens (including phenoxy) is 2. The minimum absolute atomic E-state index is 0.302. The average molecular weight is 235 g/mol. The molecule has 0 saturated heterocycles. The molecule has 17 heavy (non-hydrogen) atoms. The molecule has 1 aromatic rings. The summed E-state index contributed by atoms with van der Waals surface area (Å²) >= 11 is 0. The molecular weight excluding hydrogens is 222 g/mol. The van der Waals surface area contributed by atoms with E-state index in [2.05, 4.69) is 16.6 Å². The minimum Gasteiger partial charge on any atom is -0.453 e. The van der Waals surface area contributed by atoms with Crippen LogP contribution in [0.15, 0.2) is 36.4 Å². The van der Waals surface area contributed by atoms with Crippen LogP contribution in [-0.4, -0.2) is 19.2 Å². The molecule has 0 aliphatic carbocycles. The van der Waals surface area contributed by atoms with E-state index in [4.69, 9.17) is 4.74 Å². The van der Waals surface area contributed by atoms with E-state index in [0.29, 0.717) is 17.0 Å². The van der Waals surface area contributed by atoms with Crippen LogP contribution in [0.2, 0.25) is 0 Å². The van der Waals surface area contributed by atoms with Gasteiger partial charge in [-0.25, -0.2) is 9.59 Å². The van der Waals surface area contributed by atoms with Crippen molar-refractivity contribution in [3.05, 3.63) is 36.4 Å². The van der Waals surface area contributed by atoms with E-state index in [0.717, 1.165) is 0 Å². The molecule has 0 aliphatic rings. The fourth-order valence-corrected chi connectivity index (χ4v) is 1.00. The van der Waals surface area contributed by atoms with Gasteiger partial charge in [0.25, 0.3) is 0 Å². The number of hydrogen-bond acceptors (Lipinski definition) is 4. The number of anilines is 1. The molecule has 0 bridgehead atoms. The normalized spacial score (nSPS) is 9.29. The van der Waals surface area contributed by atoms with Crippen LogP contribution in [0.3, 0.4) is 0 Å². The Balaban J connectivity index is 2.75. The molecule has 90 valence electrons. The van der Waals surface area contributed by atoms with Crippen LogP contribution in [0.25, 0.3) is 0 Å². The summed E-state index contributed by atoms with van der Waals surface area (Å²) in [7, 11) is 1.26. The van der Waals surface area contributed by atoms with E-state index in [9.17, 15) is 9.59 Å². The Kier molecular flexibility index (Phi) is 4.28. The van der Waals surface area contributed by atoms with E-state index in [1.54, 1.807) is 25.1 Å². The summed E-state index contributed by atoms with van der Waals surface area (Å²) in [4.78, 5) is 22.2. The fourth-order valence-electron chi connectivity index (χ4n) is 1.00. The van der Waals surface area contributed by atoms with Crippen molar-refractivity contribution in [1.29, 1.82) is 0 Å². The van der Waals surface area contributed by atoms with Crippen molar-refractivity contribution in [2.24, 2.45) is 0 Å². The minimum atomic E-state index is -0.589. The van der Waals surface area contributed by atoms with Crippen molar-refractivity contribution in [1.82, 2.24) is 0 Å². The number of esters is 1. The lowest BCUT2D eigenvalue weighted by Gasteiger charge is -2.07. The molecule has 1 aromatic carbocycles. The number of nitrogens with one attached hydrogen (secondary N) is 1. The zero-order valence-corrected chi connectivity index (χ0v) is 9.65. The predicted octanol–water partition coefficient (Wildman–Crippen LogP) is 2.35. The van der Waals surface area contributed by atoms with E-state index < -0.39 is 12.1 Å². The van der Waals surface area contributed by atoms with Gasteiger partial charge < -0.3 is 9.47 Å². The first-order valence-electron chi connectivity index (χ1n) is 4.85. The topological polar surface area (TPSA) is 64.6 Å². The summed E-state index contributed by atoms with van der Waals surface area (Å²) in [5.41, 5.74) is 0.778. The second-order valence-electron chi connectivity index (χ2n) is 3.31. The monoisotopic (exact) mass is 235 g/mol. The highest BCUT2D eigenvalue weighted by molar-refractivity contribution is 5.89. The highest BCUT2D eigenvalue weighted by atomic mass is 16.5. The maximum atomic E-state index is 11.3. The van der Waals surface area contributed by atoms with Crippen LogP contribution in [0, 0.1) is 0 Å². The zero-order valence-electron chi connectivity index (χ0n) is 9.65. The van der Waals surface area contributed by atoms with Gasteiger partial charge in [-0.1, -0.05) is 12.6 Å². The first-order chi connectivity index (χ1) is 8.02. The van der Waals surface area contributed by atoms with Gasteiger partial charge in [-0.15, -0.1) is 0 Å². The molecule has 0 spiro atoms. The average Bonchev–Trinajstić information content (AvgIpc) is 2.29. The molecule has 0 heterocycles. The number of amides is 1. The van der Waals surface area contributed by atoms with Crippen LogP contribution in [0.5, 0.6) is 5.75 Å². The molecule has 0 atom stereocenters. The third kappa shape index (κ3) is 3.98. The van der Waals surface area contributed by atoms with Crippen molar-refractivity contribution < 1.29 is 19.1 Å². The Morgan fingerprint density at radius 1 is 1.35 bits per heavy atom. The Labute approximate surface area is 99.0 Å². The number of methoxy groups -OCH3 is 1. The summed E-state index contributed by atoms with van der Waals surface area (Å²) in [5.74, 6) is -0.188. The molecule has 0 radical (unpaired) electrons. The van der Waals surface area contributed by atoms with Gasteiger partial charge in [-0.3, -0.25) is 5.32 Å². The van der Waals surface area contributed by atoms with Crippen molar-refractivity contribution in [2.75, 3.05) is 12.4 Å². The fraction of sp³-hybridized carbons (Fsp3) is 0.167. The highest BCUT2D eigenvalue weighted by Crippen LogP contribution is 2.18. The first kappa shape index (κ1) is 12.8. The van der Waals surface area contributed by atoms with Gasteiger partial charge in [0.05, 0.1) is 7.11 Å². The Morgan fingerprint density at radius 3 is 2.65 bits per heavy atom. The second-order valence-corrected chi connectivity index (χ2v) is 3.31. The lowest BCUT2D eigenvalue weighted by molar-refractivity contribution is -0.130. The molecule has 5 nitrogen and oxygen atoms in total. The highest BCUT2D eigenvalue weighted by Gasteiger charge is 2.06. The quantitative estimate of drug-likeness (QED) is 0.496. The maximum absolute atomic E-state index is 11.3. The second kappa shape index (κ2) is 5.69.